The van der Waals surface area contributed by atoms with E-state index in [1.54, 1.807) is 24.3 Å². The Morgan fingerprint density at radius 2 is 1.48 bits per heavy atom. The van der Waals surface area contributed by atoms with Crippen molar-refractivity contribution in [2.75, 3.05) is 0 Å². The van der Waals surface area contributed by atoms with Gasteiger partial charge in [0.1, 0.15) is 0 Å². The SMILES string of the molecule is CCCCCCCc1cccc(S(=O)(=O)c2cccc(C)c2)c1. The van der Waals surface area contributed by atoms with Gasteiger partial charge in [0.05, 0.1) is 9.79 Å². The zero-order valence-corrected chi connectivity index (χ0v) is 14.9. The first kappa shape index (κ1) is 17.7. The molecule has 2 aromatic rings. The molecule has 0 bridgehead atoms. The molecule has 124 valence electrons. The number of benzene rings is 2. The number of hydrogen-bond acceptors (Lipinski definition) is 2. The molecule has 3 heteroatoms. The van der Waals surface area contributed by atoms with E-state index in [9.17, 15) is 8.42 Å². The average molecular weight is 330 g/mol. The van der Waals surface area contributed by atoms with Crippen LogP contribution in [0.5, 0.6) is 0 Å². The first-order valence-electron chi connectivity index (χ1n) is 8.44. The second kappa shape index (κ2) is 8.30. The smallest absolute Gasteiger partial charge is 0.206 e. The lowest BCUT2D eigenvalue weighted by Crippen LogP contribution is -2.03. The fourth-order valence-electron chi connectivity index (χ4n) is 2.72. The standard InChI is InChI=1S/C20H26O2S/c1-3-4-5-6-7-11-18-12-9-14-20(16-18)23(21,22)19-13-8-10-17(2)15-19/h8-10,12-16H,3-7,11H2,1-2H3. The van der Waals surface area contributed by atoms with Gasteiger partial charge in [-0.1, -0.05) is 56.9 Å². The van der Waals surface area contributed by atoms with Gasteiger partial charge in [-0.05, 0) is 55.2 Å². The molecule has 0 saturated carbocycles. The summed E-state index contributed by atoms with van der Waals surface area (Å²) in [6, 6.07) is 14.5. The van der Waals surface area contributed by atoms with Crippen LogP contribution in [0.3, 0.4) is 0 Å². The van der Waals surface area contributed by atoms with E-state index in [0.717, 1.165) is 24.0 Å². The van der Waals surface area contributed by atoms with Gasteiger partial charge in [0.15, 0.2) is 0 Å². The average Bonchev–Trinajstić information content (AvgIpc) is 2.55. The highest BCUT2D eigenvalue weighted by Gasteiger charge is 2.17. The molecule has 0 aliphatic rings. The summed E-state index contributed by atoms with van der Waals surface area (Å²) in [4.78, 5) is 0.770. The molecule has 2 nitrogen and oxygen atoms in total. The Morgan fingerprint density at radius 3 is 2.17 bits per heavy atom. The topological polar surface area (TPSA) is 34.1 Å². The lowest BCUT2D eigenvalue weighted by Gasteiger charge is -2.08. The number of sulfone groups is 1. The first-order chi connectivity index (χ1) is 11.0. The number of aryl methyl sites for hydroxylation is 2. The van der Waals surface area contributed by atoms with Crippen molar-refractivity contribution in [3.8, 4) is 0 Å². The van der Waals surface area contributed by atoms with E-state index in [1.807, 2.05) is 31.2 Å². The van der Waals surface area contributed by atoms with Crippen LogP contribution < -0.4 is 0 Å². The van der Waals surface area contributed by atoms with Crippen LogP contribution in [0.1, 0.15) is 50.2 Å². The molecule has 2 rings (SSSR count). The third-order valence-electron chi connectivity index (χ3n) is 4.08. The van der Waals surface area contributed by atoms with Gasteiger partial charge in [0.25, 0.3) is 0 Å². The van der Waals surface area contributed by atoms with Gasteiger partial charge in [-0.2, -0.15) is 0 Å². The normalized spacial score (nSPS) is 11.6. The van der Waals surface area contributed by atoms with Crippen LogP contribution in [-0.2, 0) is 16.3 Å². The van der Waals surface area contributed by atoms with Gasteiger partial charge in [0.2, 0.25) is 9.84 Å². The Labute approximate surface area is 140 Å². The highest BCUT2D eigenvalue weighted by molar-refractivity contribution is 7.91. The summed E-state index contributed by atoms with van der Waals surface area (Å²) < 4.78 is 25.5. The van der Waals surface area contributed by atoms with Crippen molar-refractivity contribution in [1.29, 1.82) is 0 Å². The first-order valence-corrected chi connectivity index (χ1v) is 9.93. The van der Waals surface area contributed by atoms with Crippen LogP contribution in [0.2, 0.25) is 0 Å². The van der Waals surface area contributed by atoms with Crippen LogP contribution in [0, 0.1) is 6.92 Å². The van der Waals surface area contributed by atoms with Crippen molar-refractivity contribution in [2.24, 2.45) is 0 Å². The van der Waals surface area contributed by atoms with Crippen LogP contribution in [0.15, 0.2) is 58.3 Å². The molecular formula is C20H26O2S. The highest BCUT2D eigenvalue weighted by Crippen LogP contribution is 2.23. The minimum absolute atomic E-state index is 0.373. The molecule has 0 radical (unpaired) electrons. The van der Waals surface area contributed by atoms with Crippen LogP contribution in [0.25, 0.3) is 0 Å². The minimum atomic E-state index is -3.42. The Morgan fingerprint density at radius 1 is 0.826 bits per heavy atom. The maximum absolute atomic E-state index is 12.8. The predicted molar refractivity (Wildman–Crippen MR) is 95.5 cm³/mol. The van der Waals surface area contributed by atoms with E-state index in [2.05, 4.69) is 6.92 Å². The number of rotatable bonds is 8. The van der Waals surface area contributed by atoms with E-state index in [1.165, 1.54) is 25.7 Å². The molecule has 0 aliphatic heterocycles. The molecule has 0 amide bonds. The molecule has 2 aromatic carbocycles. The lowest BCUT2D eigenvalue weighted by atomic mass is 10.1. The van der Waals surface area contributed by atoms with Gasteiger partial charge in [-0.15, -0.1) is 0 Å². The molecule has 0 aliphatic carbocycles. The van der Waals surface area contributed by atoms with Crippen molar-refractivity contribution in [3.05, 3.63) is 59.7 Å². The van der Waals surface area contributed by atoms with E-state index in [-0.39, 0.29) is 0 Å². The van der Waals surface area contributed by atoms with Gasteiger partial charge < -0.3 is 0 Å². The fourth-order valence-corrected chi connectivity index (χ4v) is 4.15. The zero-order chi connectivity index (χ0) is 16.7. The van der Waals surface area contributed by atoms with Crippen molar-refractivity contribution in [2.45, 2.75) is 62.2 Å². The molecule has 0 heterocycles. The summed E-state index contributed by atoms with van der Waals surface area (Å²) in [6.07, 6.45) is 7.06. The summed E-state index contributed by atoms with van der Waals surface area (Å²) in [7, 11) is -3.42. The third kappa shape index (κ3) is 4.93. The predicted octanol–water partition coefficient (Wildman–Crippen LogP) is 5.34. The van der Waals surface area contributed by atoms with Crippen LogP contribution in [0.4, 0.5) is 0 Å². The molecule has 0 fully saturated rings. The Bertz CT molecular complexity index is 733. The second-order valence-corrected chi connectivity index (χ2v) is 8.08. The maximum Gasteiger partial charge on any atom is 0.206 e. The number of hydrogen-bond donors (Lipinski definition) is 0. The summed E-state index contributed by atoms with van der Waals surface area (Å²) in [5, 5.41) is 0. The molecular weight excluding hydrogens is 304 g/mol. The lowest BCUT2D eigenvalue weighted by molar-refractivity contribution is 0.595. The van der Waals surface area contributed by atoms with Crippen molar-refractivity contribution in [3.63, 3.8) is 0 Å². The Kier molecular flexibility index (Phi) is 6.40. The quantitative estimate of drug-likeness (QED) is 0.612. The molecule has 0 N–H and O–H groups in total. The maximum atomic E-state index is 12.8. The summed E-state index contributed by atoms with van der Waals surface area (Å²) in [5.41, 5.74) is 2.06. The van der Waals surface area contributed by atoms with Gasteiger partial charge in [-0.3, -0.25) is 0 Å². The van der Waals surface area contributed by atoms with Gasteiger partial charge >= 0.3 is 0 Å². The zero-order valence-electron chi connectivity index (χ0n) is 14.1. The summed E-state index contributed by atoms with van der Waals surface area (Å²) >= 11 is 0. The van der Waals surface area contributed by atoms with Crippen molar-refractivity contribution in [1.82, 2.24) is 0 Å². The molecule has 0 atom stereocenters. The fraction of sp³-hybridized carbons (Fsp3) is 0.400. The second-order valence-electron chi connectivity index (χ2n) is 6.13. The molecule has 0 unspecified atom stereocenters. The minimum Gasteiger partial charge on any atom is -0.219 e. The van der Waals surface area contributed by atoms with Crippen molar-refractivity contribution >= 4 is 9.84 Å². The monoisotopic (exact) mass is 330 g/mol. The van der Waals surface area contributed by atoms with Crippen LogP contribution in [-0.4, -0.2) is 8.42 Å². The highest BCUT2D eigenvalue weighted by atomic mass is 32.2. The number of unbranched alkanes of at least 4 members (excludes halogenated alkanes) is 4. The Balaban J connectivity index is 2.12. The van der Waals surface area contributed by atoms with E-state index >= 15 is 0 Å². The molecule has 23 heavy (non-hydrogen) atoms. The van der Waals surface area contributed by atoms with E-state index in [4.69, 9.17) is 0 Å². The largest absolute Gasteiger partial charge is 0.219 e. The van der Waals surface area contributed by atoms with Crippen LogP contribution >= 0.6 is 0 Å². The summed E-state index contributed by atoms with van der Waals surface area (Å²) in [5.74, 6) is 0. The third-order valence-corrected chi connectivity index (χ3v) is 5.83. The molecule has 0 saturated heterocycles. The van der Waals surface area contributed by atoms with Gasteiger partial charge in [0, 0.05) is 0 Å². The summed E-state index contributed by atoms with van der Waals surface area (Å²) in [6.45, 7) is 4.12. The Hall–Kier alpha value is -1.61. The molecule has 0 aromatic heterocycles. The van der Waals surface area contributed by atoms with Crippen molar-refractivity contribution < 1.29 is 8.42 Å². The molecule has 0 spiro atoms. The van der Waals surface area contributed by atoms with E-state index < -0.39 is 9.84 Å². The van der Waals surface area contributed by atoms with E-state index in [0.29, 0.717) is 9.79 Å². The van der Waals surface area contributed by atoms with Gasteiger partial charge in [-0.25, -0.2) is 8.42 Å².